The van der Waals surface area contributed by atoms with Crippen LogP contribution in [-0.4, -0.2) is 50.5 Å². The number of ether oxygens (including phenoxy) is 1. The van der Waals surface area contributed by atoms with Gasteiger partial charge in [-0.25, -0.2) is 0 Å². The third kappa shape index (κ3) is 3.57. The first-order valence-electron chi connectivity index (χ1n) is 10.1. The van der Waals surface area contributed by atoms with Crippen LogP contribution < -0.4 is 15.0 Å². The van der Waals surface area contributed by atoms with Gasteiger partial charge in [-0.2, -0.15) is 9.97 Å². The van der Waals surface area contributed by atoms with Gasteiger partial charge in [0, 0.05) is 18.1 Å². The molecule has 1 saturated carbocycles. The molecule has 2 aliphatic heterocycles. The van der Waals surface area contributed by atoms with E-state index in [1.54, 1.807) is 0 Å². The maximum Gasteiger partial charge on any atom is 0.238 e. The first kappa shape index (κ1) is 19.8. The van der Waals surface area contributed by atoms with Gasteiger partial charge in [0.25, 0.3) is 0 Å². The molecule has 1 aromatic heterocycles. The van der Waals surface area contributed by atoms with E-state index in [1.165, 1.54) is 11.1 Å². The van der Waals surface area contributed by atoms with Crippen molar-refractivity contribution in [2.24, 2.45) is 0 Å². The molecular weight excluding hydrogens is 424 g/mol. The largest absolute Gasteiger partial charge is 0.463 e. The summed E-state index contributed by atoms with van der Waals surface area (Å²) in [7, 11) is -1.30. The average Bonchev–Trinajstić information content (AvgIpc) is 3.12. The lowest BCUT2D eigenvalue weighted by Gasteiger charge is -2.41. The second kappa shape index (κ2) is 7.83. The molecular formula is C21H23ClN4O3S. The number of fused-ring (bicyclic) bond motifs is 1. The number of hydrogen-bond acceptors (Lipinski definition) is 7. The highest BCUT2D eigenvalue weighted by molar-refractivity contribution is 7.85. The van der Waals surface area contributed by atoms with Crippen LogP contribution >= 0.6 is 11.6 Å². The highest BCUT2D eigenvalue weighted by Gasteiger charge is 2.39. The Morgan fingerprint density at radius 2 is 2.07 bits per heavy atom. The van der Waals surface area contributed by atoms with E-state index in [-0.39, 0.29) is 12.5 Å². The van der Waals surface area contributed by atoms with Crippen LogP contribution in [-0.2, 0) is 10.8 Å². The molecule has 9 heteroatoms. The van der Waals surface area contributed by atoms with Gasteiger partial charge in [-0.15, -0.1) is 0 Å². The Morgan fingerprint density at radius 3 is 2.70 bits per heavy atom. The summed E-state index contributed by atoms with van der Waals surface area (Å²) in [6, 6.07) is 7.88. The molecule has 0 saturated heterocycles. The molecule has 2 aromatic rings. The number of halogens is 1. The Labute approximate surface area is 182 Å². The van der Waals surface area contributed by atoms with Gasteiger partial charge in [-0.1, -0.05) is 29.8 Å². The van der Waals surface area contributed by atoms with E-state index >= 15 is 0 Å². The fourth-order valence-electron chi connectivity index (χ4n) is 4.07. The van der Waals surface area contributed by atoms with Gasteiger partial charge < -0.3 is 20.1 Å². The van der Waals surface area contributed by atoms with Crippen LogP contribution in [0.5, 0.6) is 5.88 Å². The molecule has 0 bridgehead atoms. The maximum atomic E-state index is 12.4. The minimum atomic E-state index is -1.30. The molecule has 3 heterocycles. The zero-order valence-corrected chi connectivity index (χ0v) is 18.0. The molecule has 5 rings (SSSR count). The number of nitrogens with zero attached hydrogens (tertiary/aromatic N) is 3. The molecule has 0 amide bonds. The van der Waals surface area contributed by atoms with Crippen molar-refractivity contribution in [3.05, 3.63) is 40.9 Å². The van der Waals surface area contributed by atoms with Crippen molar-refractivity contribution in [2.75, 3.05) is 35.9 Å². The van der Waals surface area contributed by atoms with Crippen LogP contribution in [0.2, 0.25) is 5.02 Å². The lowest BCUT2D eigenvalue weighted by molar-refractivity contribution is 0.143. The van der Waals surface area contributed by atoms with Gasteiger partial charge in [0.1, 0.15) is 15.7 Å². The molecule has 1 aliphatic carbocycles. The Balaban J connectivity index is 1.42. The van der Waals surface area contributed by atoms with Gasteiger partial charge in [0.05, 0.1) is 12.1 Å². The van der Waals surface area contributed by atoms with Crippen LogP contribution in [0, 0.1) is 0 Å². The number of hydrogen-bond donors (Lipinski definition) is 2. The number of aromatic nitrogens is 2. The molecule has 0 unspecified atom stereocenters. The fraction of sp³-hybridized carbons (Fsp3) is 0.429. The summed E-state index contributed by atoms with van der Waals surface area (Å²) in [5, 5.41) is 13.9. The smallest absolute Gasteiger partial charge is 0.238 e. The average molecular weight is 447 g/mol. The molecule has 158 valence electrons. The topological polar surface area (TPSA) is 87.6 Å². The Hall–Kier alpha value is -2.16. The minimum Gasteiger partial charge on any atom is -0.463 e. The zero-order valence-electron chi connectivity index (χ0n) is 16.4. The van der Waals surface area contributed by atoms with Crippen molar-refractivity contribution < 1.29 is 14.1 Å². The summed E-state index contributed by atoms with van der Waals surface area (Å²) >= 11 is 6.00. The number of aliphatic hydroxyl groups is 1. The van der Waals surface area contributed by atoms with Crippen molar-refractivity contribution in [3.8, 4) is 5.88 Å². The lowest BCUT2D eigenvalue weighted by atomic mass is 9.77. The standard InChI is InChI=1S/C21H23ClN4O3S/c22-16-4-2-14(3-5-16)15-6-10-26(11-7-15)20-23-18(25-21(12-27)8-1-9-21)17-19(24-20)29-13-30(17)28/h2-6,27H,1,7-13H2,(H,23,24,25)/t30-/m1/s1. The van der Waals surface area contributed by atoms with Crippen molar-refractivity contribution >= 4 is 39.7 Å². The minimum absolute atomic E-state index is 0.0194. The second-order valence-electron chi connectivity index (χ2n) is 7.96. The molecule has 1 atom stereocenters. The Bertz CT molecular complexity index is 1020. The number of anilines is 2. The highest BCUT2D eigenvalue weighted by Crippen LogP contribution is 2.40. The van der Waals surface area contributed by atoms with Gasteiger partial charge in [-0.3, -0.25) is 4.21 Å². The summed E-state index contributed by atoms with van der Waals surface area (Å²) in [5.74, 6) is 1.54. The molecule has 7 nitrogen and oxygen atoms in total. The molecule has 0 spiro atoms. The van der Waals surface area contributed by atoms with Crippen LogP contribution in [0.15, 0.2) is 35.2 Å². The maximum absolute atomic E-state index is 12.4. The molecule has 30 heavy (non-hydrogen) atoms. The molecule has 2 N–H and O–H groups in total. The second-order valence-corrected chi connectivity index (χ2v) is 9.73. The van der Waals surface area contributed by atoms with Crippen LogP contribution in [0.25, 0.3) is 5.57 Å². The van der Waals surface area contributed by atoms with Gasteiger partial charge >= 0.3 is 0 Å². The quantitative estimate of drug-likeness (QED) is 0.729. The normalized spacial score (nSPS) is 22.0. The zero-order chi connectivity index (χ0) is 20.7. The first-order chi connectivity index (χ1) is 14.6. The van der Waals surface area contributed by atoms with Crippen molar-refractivity contribution in [3.63, 3.8) is 0 Å². The van der Waals surface area contributed by atoms with E-state index in [1.807, 2.05) is 24.3 Å². The summed E-state index contributed by atoms with van der Waals surface area (Å²) in [6.07, 6.45) is 5.82. The predicted molar refractivity (Wildman–Crippen MR) is 117 cm³/mol. The number of benzene rings is 1. The predicted octanol–water partition coefficient (Wildman–Crippen LogP) is 3.21. The monoisotopic (exact) mass is 446 g/mol. The van der Waals surface area contributed by atoms with Crippen molar-refractivity contribution in [1.82, 2.24) is 9.97 Å². The summed E-state index contributed by atoms with van der Waals surface area (Å²) < 4.78 is 18.0. The Kier molecular flexibility index (Phi) is 5.16. The molecule has 3 aliphatic rings. The number of rotatable bonds is 5. The fourth-order valence-corrected chi connectivity index (χ4v) is 5.14. The van der Waals surface area contributed by atoms with E-state index in [2.05, 4.69) is 21.3 Å². The van der Waals surface area contributed by atoms with Gasteiger partial charge in [0.15, 0.2) is 11.8 Å². The molecule has 1 aromatic carbocycles. The first-order valence-corrected chi connectivity index (χ1v) is 11.8. The third-order valence-electron chi connectivity index (χ3n) is 6.06. The number of aliphatic hydroxyl groups excluding tert-OH is 1. The van der Waals surface area contributed by atoms with Gasteiger partial charge in [-0.05, 0) is 49.0 Å². The van der Waals surface area contributed by atoms with E-state index in [4.69, 9.17) is 21.3 Å². The molecule has 1 fully saturated rings. The number of nitrogens with one attached hydrogen (secondary N) is 1. The molecule has 0 radical (unpaired) electrons. The van der Waals surface area contributed by atoms with E-state index in [0.29, 0.717) is 29.1 Å². The lowest BCUT2D eigenvalue weighted by Crippen LogP contribution is -2.48. The summed E-state index contributed by atoms with van der Waals surface area (Å²) in [5.41, 5.74) is 2.05. The Morgan fingerprint density at radius 1 is 1.27 bits per heavy atom. The summed E-state index contributed by atoms with van der Waals surface area (Å²) in [4.78, 5) is 11.9. The van der Waals surface area contributed by atoms with Gasteiger partial charge in [0.2, 0.25) is 11.8 Å². The van der Waals surface area contributed by atoms with E-state index < -0.39 is 16.3 Å². The van der Waals surface area contributed by atoms with Crippen molar-refractivity contribution in [2.45, 2.75) is 36.1 Å². The van der Waals surface area contributed by atoms with Crippen LogP contribution in [0.1, 0.15) is 31.2 Å². The van der Waals surface area contributed by atoms with Crippen LogP contribution in [0.4, 0.5) is 11.8 Å². The van der Waals surface area contributed by atoms with E-state index in [9.17, 15) is 9.32 Å². The highest BCUT2D eigenvalue weighted by atomic mass is 35.5. The SMILES string of the molecule is O=[S@@]1COc2nc(N3CC=C(c4ccc(Cl)cc4)CC3)nc(NC3(CO)CCC3)c21. The summed E-state index contributed by atoms with van der Waals surface area (Å²) in [6.45, 7) is 1.46. The van der Waals surface area contributed by atoms with Crippen LogP contribution in [0.3, 0.4) is 0 Å². The van der Waals surface area contributed by atoms with E-state index in [0.717, 1.165) is 37.3 Å². The third-order valence-corrected chi connectivity index (χ3v) is 7.46. The van der Waals surface area contributed by atoms with Crippen molar-refractivity contribution in [1.29, 1.82) is 0 Å².